The van der Waals surface area contributed by atoms with E-state index in [-0.39, 0.29) is 6.04 Å². The van der Waals surface area contributed by atoms with Crippen LogP contribution < -0.4 is 19.5 Å². The van der Waals surface area contributed by atoms with Gasteiger partial charge in [0.1, 0.15) is 0 Å². The highest BCUT2D eigenvalue weighted by Gasteiger charge is 2.24. The minimum absolute atomic E-state index is 0.222. The first-order chi connectivity index (χ1) is 9.14. The maximum Gasteiger partial charge on any atom is 0.203 e. The van der Waals surface area contributed by atoms with Crippen LogP contribution in [0, 0.1) is 5.92 Å². The van der Waals surface area contributed by atoms with Gasteiger partial charge in [0, 0.05) is 11.6 Å². The second kappa shape index (κ2) is 7.24. The van der Waals surface area contributed by atoms with E-state index in [9.17, 15) is 0 Å². The molecule has 0 saturated heterocycles. The van der Waals surface area contributed by atoms with E-state index < -0.39 is 0 Å². The largest absolute Gasteiger partial charge is 0.493 e. The van der Waals surface area contributed by atoms with Gasteiger partial charge in [-0.1, -0.05) is 20.3 Å². The predicted molar refractivity (Wildman–Crippen MR) is 77.4 cm³/mol. The van der Waals surface area contributed by atoms with E-state index >= 15 is 0 Å². The third-order valence-corrected chi connectivity index (χ3v) is 3.59. The molecule has 0 bridgehead atoms. The van der Waals surface area contributed by atoms with Crippen molar-refractivity contribution >= 4 is 0 Å². The fourth-order valence-corrected chi connectivity index (χ4v) is 2.35. The fourth-order valence-electron chi connectivity index (χ4n) is 2.35. The van der Waals surface area contributed by atoms with Gasteiger partial charge in [0.25, 0.3) is 0 Å². The summed E-state index contributed by atoms with van der Waals surface area (Å²) >= 11 is 0. The van der Waals surface area contributed by atoms with Gasteiger partial charge >= 0.3 is 0 Å². The Labute approximate surface area is 116 Å². The number of hydrogen-bond donors (Lipinski definition) is 1. The highest BCUT2D eigenvalue weighted by molar-refractivity contribution is 5.56. The Balaban J connectivity index is 3.34. The van der Waals surface area contributed by atoms with Crippen LogP contribution in [-0.2, 0) is 0 Å². The smallest absolute Gasteiger partial charge is 0.203 e. The maximum absolute atomic E-state index is 5.54. The summed E-state index contributed by atoms with van der Waals surface area (Å²) in [7, 11) is 6.88. The van der Waals surface area contributed by atoms with Crippen molar-refractivity contribution in [3.05, 3.63) is 17.7 Å². The van der Waals surface area contributed by atoms with E-state index in [1.807, 2.05) is 19.2 Å². The second-order valence-electron chi connectivity index (χ2n) is 4.58. The summed E-state index contributed by atoms with van der Waals surface area (Å²) in [6.45, 7) is 4.40. The molecule has 0 saturated carbocycles. The summed E-state index contributed by atoms with van der Waals surface area (Å²) in [4.78, 5) is 0. The van der Waals surface area contributed by atoms with E-state index in [1.54, 1.807) is 21.3 Å². The molecule has 4 nitrogen and oxygen atoms in total. The quantitative estimate of drug-likeness (QED) is 0.824. The molecule has 0 amide bonds. The van der Waals surface area contributed by atoms with Crippen LogP contribution in [0.2, 0.25) is 0 Å². The third-order valence-electron chi connectivity index (χ3n) is 3.59. The second-order valence-corrected chi connectivity index (χ2v) is 4.58. The summed E-state index contributed by atoms with van der Waals surface area (Å²) in [6, 6.07) is 4.18. The minimum atomic E-state index is 0.222. The topological polar surface area (TPSA) is 39.7 Å². The molecule has 0 heterocycles. The predicted octanol–water partition coefficient (Wildman–Crippen LogP) is 3.02. The van der Waals surface area contributed by atoms with E-state index in [0.29, 0.717) is 17.4 Å². The van der Waals surface area contributed by atoms with Crippen LogP contribution in [0.5, 0.6) is 17.2 Å². The van der Waals surface area contributed by atoms with Crippen LogP contribution in [0.25, 0.3) is 0 Å². The lowest BCUT2D eigenvalue weighted by Gasteiger charge is -2.26. The number of hydrogen-bond acceptors (Lipinski definition) is 4. The molecule has 4 heteroatoms. The van der Waals surface area contributed by atoms with Crippen molar-refractivity contribution in [2.45, 2.75) is 26.3 Å². The Morgan fingerprint density at radius 1 is 1.05 bits per heavy atom. The summed E-state index contributed by atoms with van der Waals surface area (Å²) in [5.41, 5.74) is 1.09. The molecule has 0 aliphatic carbocycles. The molecule has 0 spiro atoms. The van der Waals surface area contributed by atoms with Gasteiger partial charge in [-0.2, -0.15) is 0 Å². The zero-order chi connectivity index (χ0) is 14.4. The Morgan fingerprint density at radius 2 is 1.68 bits per heavy atom. The standard InChI is InChI=1S/C15H25NO3/c1-7-10(2)13(16-3)11-8-9-12(17-4)15(19-6)14(11)18-5/h8-10,13,16H,7H2,1-6H3. The summed E-state index contributed by atoms with van der Waals surface area (Å²) < 4.78 is 16.3. The Hall–Kier alpha value is -1.42. The number of nitrogens with one attached hydrogen (secondary N) is 1. The van der Waals surface area contributed by atoms with Gasteiger partial charge in [0.15, 0.2) is 11.5 Å². The molecule has 0 aliphatic rings. The van der Waals surface area contributed by atoms with Crippen molar-refractivity contribution in [1.82, 2.24) is 5.32 Å². The molecule has 0 radical (unpaired) electrons. The van der Waals surface area contributed by atoms with Crippen LogP contribution in [0.3, 0.4) is 0 Å². The van der Waals surface area contributed by atoms with Crippen molar-refractivity contribution in [3.8, 4) is 17.2 Å². The highest BCUT2D eigenvalue weighted by atomic mass is 16.5. The van der Waals surface area contributed by atoms with E-state index in [4.69, 9.17) is 14.2 Å². The molecule has 1 rings (SSSR count). The van der Waals surface area contributed by atoms with Gasteiger partial charge in [0.05, 0.1) is 21.3 Å². The Morgan fingerprint density at radius 3 is 2.11 bits per heavy atom. The van der Waals surface area contributed by atoms with Gasteiger partial charge in [0.2, 0.25) is 5.75 Å². The first-order valence-corrected chi connectivity index (χ1v) is 6.60. The zero-order valence-electron chi connectivity index (χ0n) is 12.7. The van der Waals surface area contributed by atoms with Crippen molar-refractivity contribution in [1.29, 1.82) is 0 Å². The Kier molecular flexibility index (Phi) is 5.96. The van der Waals surface area contributed by atoms with Crippen molar-refractivity contribution < 1.29 is 14.2 Å². The summed E-state index contributed by atoms with van der Waals surface area (Å²) in [6.07, 6.45) is 1.09. The number of rotatable bonds is 7. The highest BCUT2D eigenvalue weighted by Crippen LogP contribution is 2.43. The van der Waals surface area contributed by atoms with Crippen molar-refractivity contribution in [3.63, 3.8) is 0 Å². The molecule has 19 heavy (non-hydrogen) atoms. The first kappa shape index (κ1) is 15.6. The van der Waals surface area contributed by atoms with Crippen LogP contribution in [-0.4, -0.2) is 28.4 Å². The van der Waals surface area contributed by atoms with Gasteiger partial charge in [-0.05, 0) is 25.1 Å². The lowest BCUT2D eigenvalue weighted by atomic mass is 9.91. The van der Waals surface area contributed by atoms with Crippen LogP contribution in [0.15, 0.2) is 12.1 Å². The molecule has 0 aliphatic heterocycles. The average molecular weight is 267 g/mol. The van der Waals surface area contributed by atoms with Crippen LogP contribution in [0.4, 0.5) is 0 Å². The fraction of sp³-hybridized carbons (Fsp3) is 0.600. The van der Waals surface area contributed by atoms with Crippen LogP contribution in [0.1, 0.15) is 31.9 Å². The number of ether oxygens (including phenoxy) is 3. The molecule has 0 aromatic heterocycles. The number of methoxy groups -OCH3 is 3. The lowest BCUT2D eigenvalue weighted by Crippen LogP contribution is -2.23. The molecular formula is C15H25NO3. The van der Waals surface area contributed by atoms with E-state index in [2.05, 4.69) is 19.2 Å². The normalized spacial score (nSPS) is 13.8. The van der Waals surface area contributed by atoms with Gasteiger partial charge < -0.3 is 19.5 Å². The SMILES string of the molecule is CCC(C)C(NC)c1ccc(OC)c(OC)c1OC. The zero-order valence-corrected chi connectivity index (χ0v) is 12.7. The first-order valence-electron chi connectivity index (χ1n) is 6.60. The van der Waals surface area contributed by atoms with Gasteiger partial charge in [-0.25, -0.2) is 0 Å². The third kappa shape index (κ3) is 3.13. The maximum atomic E-state index is 5.54. The molecule has 0 fully saturated rings. The average Bonchev–Trinajstić information content (AvgIpc) is 2.46. The van der Waals surface area contributed by atoms with E-state index in [0.717, 1.165) is 17.7 Å². The molecule has 1 N–H and O–H groups in total. The van der Waals surface area contributed by atoms with Gasteiger partial charge in [-0.15, -0.1) is 0 Å². The van der Waals surface area contributed by atoms with E-state index in [1.165, 1.54) is 0 Å². The molecule has 1 aromatic rings. The monoisotopic (exact) mass is 267 g/mol. The van der Waals surface area contributed by atoms with Crippen molar-refractivity contribution in [2.24, 2.45) is 5.92 Å². The number of benzene rings is 1. The van der Waals surface area contributed by atoms with Gasteiger partial charge in [-0.3, -0.25) is 0 Å². The van der Waals surface area contributed by atoms with Crippen LogP contribution >= 0.6 is 0 Å². The minimum Gasteiger partial charge on any atom is -0.493 e. The molecular weight excluding hydrogens is 242 g/mol. The molecule has 2 unspecified atom stereocenters. The molecule has 2 atom stereocenters. The Bertz CT molecular complexity index is 407. The summed E-state index contributed by atoms with van der Waals surface area (Å²) in [5, 5.41) is 3.36. The van der Waals surface area contributed by atoms with Crippen molar-refractivity contribution in [2.75, 3.05) is 28.4 Å². The molecule has 1 aromatic carbocycles. The molecule has 108 valence electrons. The lowest BCUT2D eigenvalue weighted by molar-refractivity contribution is 0.312. The summed E-state index contributed by atoms with van der Waals surface area (Å²) in [5.74, 6) is 2.56.